The van der Waals surface area contributed by atoms with Crippen LogP contribution in [0.25, 0.3) is 0 Å². The first-order valence-corrected chi connectivity index (χ1v) is 7.23. The van der Waals surface area contributed by atoms with Gasteiger partial charge in [-0.3, -0.25) is 4.79 Å². The third kappa shape index (κ3) is 6.45. The zero-order valence-corrected chi connectivity index (χ0v) is 12.0. The van der Waals surface area contributed by atoms with E-state index in [1.807, 2.05) is 0 Å². The Morgan fingerprint density at radius 1 is 1.32 bits per heavy atom. The molecule has 0 bridgehead atoms. The summed E-state index contributed by atoms with van der Waals surface area (Å²) in [5, 5.41) is 11.7. The highest BCUT2D eigenvalue weighted by Crippen LogP contribution is 2.20. The second-order valence-electron chi connectivity index (χ2n) is 5.80. The molecule has 1 fully saturated rings. The molecule has 1 saturated heterocycles. The summed E-state index contributed by atoms with van der Waals surface area (Å²) < 4.78 is 0. The lowest BCUT2D eigenvalue weighted by molar-refractivity contribution is -0.138. The van der Waals surface area contributed by atoms with Crippen LogP contribution >= 0.6 is 0 Å². The van der Waals surface area contributed by atoms with E-state index in [0.717, 1.165) is 32.2 Å². The van der Waals surface area contributed by atoms with Crippen molar-refractivity contribution in [3.8, 4) is 0 Å². The minimum atomic E-state index is -0.739. The molecule has 1 aliphatic rings. The Bertz CT molecular complexity index is 297. The number of amides is 2. The third-order valence-corrected chi connectivity index (χ3v) is 3.60. The van der Waals surface area contributed by atoms with Crippen molar-refractivity contribution in [2.24, 2.45) is 11.8 Å². The Labute approximate surface area is 115 Å². The number of likely N-dealkylation sites (tertiary alicyclic amines) is 1. The lowest BCUT2D eigenvalue weighted by Crippen LogP contribution is -2.44. The summed E-state index contributed by atoms with van der Waals surface area (Å²) in [6, 6.07) is -0.00229. The Morgan fingerprint density at radius 2 is 1.95 bits per heavy atom. The maximum Gasteiger partial charge on any atom is 0.317 e. The lowest BCUT2D eigenvalue weighted by atomic mass is 9.94. The first-order chi connectivity index (χ1) is 8.99. The smallest absolute Gasteiger partial charge is 0.317 e. The van der Waals surface area contributed by atoms with Crippen molar-refractivity contribution in [3.63, 3.8) is 0 Å². The number of urea groups is 1. The number of nitrogens with zero attached hydrogens (tertiary/aromatic N) is 1. The number of carbonyl (C=O) groups excluding carboxylic acids is 1. The standard InChI is InChI=1S/C14H26N2O3/c1-11(2)4-3-7-15-14(19)16-8-5-12(6-9-16)10-13(17)18/h11-12H,3-10H2,1-2H3,(H,15,19)(H,17,18). The van der Waals surface area contributed by atoms with E-state index in [0.29, 0.717) is 19.0 Å². The van der Waals surface area contributed by atoms with Crippen LogP contribution in [0.3, 0.4) is 0 Å². The molecule has 0 aromatic rings. The van der Waals surface area contributed by atoms with Crippen molar-refractivity contribution in [2.45, 2.75) is 46.0 Å². The van der Waals surface area contributed by atoms with Gasteiger partial charge in [0, 0.05) is 26.1 Å². The van der Waals surface area contributed by atoms with Gasteiger partial charge in [0.05, 0.1) is 0 Å². The summed E-state index contributed by atoms with van der Waals surface area (Å²) in [6.45, 7) is 6.43. The summed E-state index contributed by atoms with van der Waals surface area (Å²) >= 11 is 0. The van der Waals surface area contributed by atoms with E-state index in [9.17, 15) is 9.59 Å². The molecule has 0 aromatic carbocycles. The van der Waals surface area contributed by atoms with Crippen molar-refractivity contribution in [3.05, 3.63) is 0 Å². The molecule has 0 spiro atoms. The Balaban J connectivity index is 2.16. The van der Waals surface area contributed by atoms with E-state index < -0.39 is 5.97 Å². The Morgan fingerprint density at radius 3 is 2.47 bits per heavy atom. The van der Waals surface area contributed by atoms with Gasteiger partial charge in [0.15, 0.2) is 0 Å². The van der Waals surface area contributed by atoms with Gasteiger partial charge in [0.1, 0.15) is 0 Å². The van der Waals surface area contributed by atoms with Crippen LogP contribution in [0.1, 0.15) is 46.0 Å². The molecule has 2 N–H and O–H groups in total. The molecule has 0 aliphatic carbocycles. The first kappa shape index (κ1) is 15.8. The molecule has 5 nitrogen and oxygen atoms in total. The van der Waals surface area contributed by atoms with Crippen molar-refractivity contribution in [2.75, 3.05) is 19.6 Å². The molecule has 110 valence electrons. The predicted octanol–water partition coefficient (Wildman–Crippen LogP) is 2.32. The van der Waals surface area contributed by atoms with Gasteiger partial charge in [-0.1, -0.05) is 13.8 Å². The number of rotatable bonds is 6. The number of nitrogens with one attached hydrogen (secondary N) is 1. The van der Waals surface area contributed by atoms with Gasteiger partial charge in [-0.2, -0.15) is 0 Å². The summed E-state index contributed by atoms with van der Waals surface area (Å²) in [5.74, 6) is 0.155. The minimum absolute atomic E-state index is 0.00229. The quantitative estimate of drug-likeness (QED) is 0.728. The number of hydrogen-bond donors (Lipinski definition) is 2. The first-order valence-electron chi connectivity index (χ1n) is 7.23. The molecule has 0 unspecified atom stereocenters. The number of carboxylic acids is 1. The third-order valence-electron chi connectivity index (χ3n) is 3.60. The van der Waals surface area contributed by atoms with E-state index in [1.165, 1.54) is 0 Å². The second kappa shape index (κ2) is 8.02. The molecule has 0 aromatic heterocycles. The van der Waals surface area contributed by atoms with Crippen molar-refractivity contribution < 1.29 is 14.7 Å². The molecule has 0 atom stereocenters. The maximum absolute atomic E-state index is 11.9. The molecule has 1 heterocycles. The zero-order valence-electron chi connectivity index (χ0n) is 12.0. The molecule has 1 aliphatic heterocycles. The normalized spacial score (nSPS) is 16.7. The average molecular weight is 270 g/mol. The molecule has 5 heteroatoms. The maximum atomic E-state index is 11.9. The highest BCUT2D eigenvalue weighted by molar-refractivity contribution is 5.74. The summed E-state index contributed by atoms with van der Waals surface area (Å²) in [6.07, 6.45) is 3.96. The number of carboxylic acid groups (broad SMARTS) is 1. The summed E-state index contributed by atoms with van der Waals surface area (Å²) in [7, 11) is 0. The Kier molecular flexibility index (Phi) is 6.67. The highest BCUT2D eigenvalue weighted by Gasteiger charge is 2.23. The van der Waals surface area contributed by atoms with E-state index >= 15 is 0 Å². The van der Waals surface area contributed by atoms with Crippen molar-refractivity contribution in [1.82, 2.24) is 10.2 Å². The molecular weight excluding hydrogens is 244 g/mol. The predicted molar refractivity (Wildman–Crippen MR) is 74.0 cm³/mol. The SMILES string of the molecule is CC(C)CCCNC(=O)N1CCC(CC(=O)O)CC1. The molecule has 2 amide bonds. The van der Waals surface area contributed by atoms with Crippen LogP contribution in [0.2, 0.25) is 0 Å². The summed E-state index contributed by atoms with van der Waals surface area (Å²) in [4.78, 5) is 24.3. The van der Waals surface area contributed by atoms with Crippen LogP contribution in [0.15, 0.2) is 0 Å². The fourth-order valence-corrected chi connectivity index (χ4v) is 2.40. The van der Waals surface area contributed by atoms with Crippen LogP contribution in [0.4, 0.5) is 4.79 Å². The van der Waals surface area contributed by atoms with Gasteiger partial charge in [0.2, 0.25) is 0 Å². The highest BCUT2D eigenvalue weighted by atomic mass is 16.4. The fraction of sp³-hybridized carbons (Fsp3) is 0.857. The van der Waals surface area contributed by atoms with E-state index in [-0.39, 0.29) is 18.4 Å². The van der Waals surface area contributed by atoms with Crippen LogP contribution < -0.4 is 5.32 Å². The van der Waals surface area contributed by atoms with Crippen molar-refractivity contribution in [1.29, 1.82) is 0 Å². The molecule has 0 radical (unpaired) electrons. The van der Waals surface area contributed by atoms with Gasteiger partial charge in [-0.15, -0.1) is 0 Å². The Hall–Kier alpha value is -1.26. The van der Waals surface area contributed by atoms with Crippen LogP contribution in [0, 0.1) is 11.8 Å². The van der Waals surface area contributed by atoms with Crippen LogP contribution in [-0.4, -0.2) is 41.6 Å². The van der Waals surface area contributed by atoms with Gasteiger partial charge < -0.3 is 15.3 Å². The van der Waals surface area contributed by atoms with Gasteiger partial charge in [0.25, 0.3) is 0 Å². The number of hydrogen-bond acceptors (Lipinski definition) is 2. The molecule has 19 heavy (non-hydrogen) atoms. The van der Waals surface area contributed by atoms with Crippen molar-refractivity contribution >= 4 is 12.0 Å². The molecule has 0 saturated carbocycles. The average Bonchev–Trinajstić information content (AvgIpc) is 2.34. The fourth-order valence-electron chi connectivity index (χ4n) is 2.40. The summed E-state index contributed by atoms with van der Waals surface area (Å²) in [5.41, 5.74) is 0. The van der Waals surface area contributed by atoms with E-state index in [1.54, 1.807) is 4.90 Å². The number of piperidine rings is 1. The topological polar surface area (TPSA) is 69.6 Å². The largest absolute Gasteiger partial charge is 0.481 e. The van der Waals surface area contributed by atoms with E-state index in [4.69, 9.17) is 5.11 Å². The van der Waals surface area contributed by atoms with Crippen LogP contribution in [0.5, 0.6) is 0 Å². The van der Waals surface area contributed by atoms with Gasteiger partial charge >= 0.3 is 12.0 Å². The monoisotopic (exact) mass is 270 g/mol. The van der Waals surface area contributed by atoms with Crippen LogP contribution in [-0.2, 0) is 4.79 Å². The minimum Gasteiger partial charge on any atom is -0.481 e. The number of carbonyl (C=O) groups is 2. The van der Waals surface area contributed by atoms with E-state index in [2.05, 4.69) is 19.2 Å². The molecule has 1 rings (SSSR count). The van der Waals surface area contributed by atoms with Gasteiger partial charge in [-0.25, -0.2) is 4.79 Å². The molecular formula is C14H26N2O3. The lowest BCUT2D eigenvalue weighted by Gasteiger charge is -2.31. The van der Waals surface area contributed by atoms with Gasteiger partial charge in [-0.05, 0) is 37.5 Å². The number of aliphatic carboxylic acids is 1. The zero-order chi connectivity index (χ0) is 14.3. The second-order valence-corrected chi connectivity index (χ2v) is 5.80.